The molecule has 3 heteroatoms. The monoisotopic (exact) mass is 141 g/mol. The normalized spacial score (nSPS) is 29.4. The molecule has 2 rings (SSSR count). The largest absolute Gasteiger partial charge is 0.624 e. The van der Waals surface area contributed by atoms with Gasteiger partial charge in [0.2, 0.25) is 0 Å². The first-order valence-electron chi connectivity index (χ1n) is 3.71. The van der Waals surface area contributed by atoms with Crippen LogP contribution in [0.3, 0.4) is 0 Å². The second-order valence-electron chi connectivity index (χ2n) is 3.10. The summed E-state index contributed by atoms with van der Waals surface area (Å²) >= 11 is 0. The van der Waals surface area contributed by atoms with Gasteiger partial charge in [-0.2, -0.15) is 0 Å². The van der Waals surface area contributed by atoms with E-state index in [-0.39, 0.29) is 5.54 Å². The molecule has 0 bridgehead atoms. The summed E-state index contributed by atoms with van der Waals surface area (Å²) in [5.74, 6) is 0. The van der Waals surface area contributed by atoms with E-state index in [1.807, 2.05) is 0 Å². The quantitative estimate of drug-likeness (QED) is 0.364. The molecule has 0 N–H and O–H groups in total. The highest BCUT2D eigenvalue weighted by Gasteiger charge is 2.46. The van der Waals surface area contributed by atoms with Crippen LogP contribution in [0.15, 0.2) is 0 Å². The molecule has 3 nitrogen and oxygen atoms in total. The summed E-state index contributed by atoms with van der Waals surface area (Å²) in [5.41, 5.74) is -0.141. The lowest BCUT2D eigenvalue weighted by Crippen LogP contribution is -2.53. The maximum absolute atomic E-state index is 11.2. The standard InChI is InChI=1S/C7H11NO2/c9-8-4-5-10-6-7(8)2-1-3-7/h4H,1-3,5-6H2. The molecule has 1 aliphatic carbocycles. The minimum absolute atomic E-state index is 0.141. The van der Waals surface area contributed by atoms with E-state index in [1.165, 1.54) is 6.42 Å². The molecule has 0 aromatic rings. The Morgan fingerprint density at radius 1 is 1.50 bits per heavy atom. The molecule has 0 amide bonds. The third-order valence-electron chi connectivity index (χ3n) is 2.48. The van der Waals surface area contributed by atoms with Crippen LogP contribution in [0, 0.1) is 5.21 Å². The zero-order valence-electron chi connectivity index (χ0n) is 5.88. The molecular formula is C7H11NO2. The SMILES string of the molecule is [O-][N+]1=CCOCC12CCC2. The summed E-state index contributed by atoms with van der Waals surface area (Å²) in [6.07, 6.45) is 4.79. The van der Waals surface area contributed by atoms with Crippen LogP contribution in [0.5, 0.6) is 0 Å². The highest BCUT2D eigenvalue weighted by Crippen LogP contribution is 2.35. The molecule has 1 saturated carbocycles. The first kappa shape index (κ1) is 6.16. The van der Waals surface area contributed by atoms with Crippen molar-refractivity contribution in [1.82, 2.24) is 0 Å². The Labute approximate surface area is 59.9 Å². The fourth-order valence-electron chi connectivity index (χ4n) is 1.58. The van der Waals surface area contributed by atoms with Crippen LogP contribution in [0.4, 0.5) is 0 Å². The van der Waals surface area contributed by atoms with E-state index in [4.69, 9.17) is 4.74 Å². The zero-order chi connectivity index (χ0) is 7.03. The number of hydrogen-bond donors (Lipinski definition) is 0. The van der Waals surface area contributed by atoms with Gasteiger partial charge in [-0.05, 0) is 6.42 Å². The van der Waals surface area contributed by atoms with E-state index in [0.29, 0.717) is 13.2 Å². The van der Waals surface area contributed by atoms with Crippen LogP contribution in [0.2, 0.25) is 0 Å². The Balaban J connectivity index is 2.19. The van der Waals surface area contributed by atoms with E-state index in [0.717, 1.165) is 17.6 Å². The summed E-state index contributed by atoms with van der Waals surface area (Å²) in [4.78, 5) is 0. The number of rotatable bonds is 0. The molecule has 0 radical (unpaired) electrons. The van der Waals surface area contributed by atoms with Crippen molar-refractivity contribution in [3.05, 3.63) is 5.21 Å². The van der Waals surface area contributed by atoms with Gasteiger partial charge in [0.15, 0.2) is 11.8 Å². The first-order chi connectivity index (χ1) is 4.83. The molecule has 0 aromatic carbocycles. The molecule has 2 aliphatic rings. The van der Waals surface area contributed by atoms with Crippen molar-refractivity contribution in [3.8, 4) is 0 Å². The van der Waals surface area contributed by atoms with E-state index < -0.39 is 0 Å². The summed E-state index contributed by atoms with van der Waals surface area (Å²) in [5, 5.41) is 11.2. The van der Waals surface area contributed by atoms with Gasteiger partial charge in [-0.25, -0.2) is 4.74 Å². The fourth-order valence-corrected chi connectivity index (χ4v) is 1.58. The zero-order valence-corrected chi connectivity index (χ0v) is 5.88. The molecule has 1 fully saturated rings. The average Bonchev–Trinajstić information content (AvgIpc) is 1.85. The second-order valence-corrected chi connectivity index (χ2v) is 3.10. The number of nitrogens with zero attached hydrogens (tertiary/aromatic N) is 1. The number of hydroxylamine groups is 1. The molecule has 10 heavy (non-hydrogen) atoms. The lowest BCUT2D eigenvalue weighted by atomic mass is 9.77. The Kier molecular flexibility index (Phi) is 1.20. The van der Waals surface area contributed by atoms with E-state index >= 15 is 0 Å². The average molecular weight is 141 g/mol. The molecule has 0 aromatic heterocycles. The smallest absolute Gasteiger partial charge is 0.195 e. The van der Waals surface area contributed by atoms with E-state index in [2.05, 4.69) is 0 Å². The Morgan fingerprint density at radius 2 is 2.30 bits per heavy atom. The van der Waals surface area contributed by atoms with Gasteiger partial charge in [0.05, 0.1) is 0 Å². The van der Waals surface area contributed by atoms with Crippen molar-refractivity contribution in [2.75, 3.05) is 13.2 Å². The predicted molar refractivity (Wildman–Crippen MR) is 37.1 cm³/mol. The molecular weight excluding hydrogens is 130 g/mol. The lowest BCUT2D eigenvalue weighted by molar-refractivity contribution is -0.576. The van der Waals surface area contributed by atoms with Gasteiger partial charge >= 0.3 is 0 Å². The molecule has 0 atom stereocenters. The van der Waals surface area contributed by atoms with Gasteiger partial charge in [-0.15, -0.1) is 0 Å². The fraction of sp³-hybridized carbons (Fsp3) is 0.857. The van der Waals surface area contributed by atoms with Crippen molar-refractivity contribution in [2.45, 2.75) is 24.8 Å². The minimum atomic E-state index is -0.141. The van der Waals surface area contributed by atoms with Crippen molar-refractivity contribution in [2.24, 2.45) is 0 Å². The molecule has 1 heterocycles. The lowest BCUT2D eigenvalue weighted by Gasteiger charge is -2.40. The van der Waals surface area contributed by atoms with Gasteiger partial charge in [-0.3, -0.25) is 0 Å². The Morgan fingerprint density at radius 3 is 2.70 bits per heavy atom. The summed E-state index contributed by atoms with van der Waals surface area (Å²) in [7, 11) is 0. The van der Waals surface area contributed by atoms with Crippen LogP contribution in [0.1, 0.15) is 19.3 Å². The Bertz CT molecular complexity index is 172. The molecule has 0 saturated heterocycles. The molecule has 1 spiro atoms. The van der Waals surface area contributed by atoms with Gasteiger partial charge in [0, 0.05) is 12.8 Å². The minimum Gasteiger partial charge on any atom is -0.624 e. The number of hydrogen-bond acceptors (Lipinski definition) is 2. The van der Waals surface area contributed by atoms with Gasteiger partial charge in [0.25, 0.3) is 0 Å². The third-order valence-corrected chi connectivity index (χ3v) is 2.48. The molecule has 0 unspecified atom stereocenters. The van der Waals surface area contributed by atoms with Crippen molar-refractivity contribution in [3.63, 3.8) is 0 Å². The summed E-state index contributed by atoms with van der Waals surface area (Å²) in [6, 6.07) is 0. The van der Waals surface area contributed by atoms with Crippen LogP contribution >= 0.6 is 0 Å². The summed E-state index contributed by atoms with van der Waals surface area (Å²) < 4.78 is 6.30. The number of ether oxygens (including phenoxy) is 1. The van der Waals surface area contributed by atoms with Crippen molar-refractivity contribution < 1.29 is 9.48 Å². The third kappa shape index (κ3) is 0.669. The van der Waals surface area contributed by atoms with Crippen LogP contribution in [0.25, 0.3) is 0 Å². The topological polar surface area (TPSA) is 35.3 Å². The highest BCUT2D eigenvalue weighted by atomic mass is 16.5. The van der Waals surface area contributed by atoms with Crippen LogP contribution in [-0.4, -0.2) is 29.7 Å². The van der Waals surface area contributed by atoms with E-state index in [1.54, 1.807) is 6.21 Å². The highest BCUT2D eigenvalue weighted by molar-refractivity contribution is 5.53. The first-order valence-corrected chi connectivity index (χ1v) is 3.71. The maximum Gasteiger partial charge on any atom is 0.195 e. The maximum atomic E-state index is 11.2. The Hall–Kier alpha value is -0.570. The molecule has 56 valence electrons. The van der Waals surface area contributed by atoms with Crippen LogP contribution < -0.4 is 0 Å². The van der Waals surface area contributed by atoms with Gasteiger partial charge in [0.1, 0.15) is 13.2 Å². The van der Waals surface area contributed by atoms with Crippen LogP contribution in [-0.2, 0) is 4.74 Å². The summed E-state index contributed by atoms with van der Waals surface area (Å²) in [6.45, 7) is 1.12. The molecule has 1 aliphatic heterocycles. The van der Waals surface area contributed by atoms with Gasteiger partial charge < -0.3 is 9.94 Å². The predicted octanol–water partition coefficient (Wildman–Crippen LogP) is 0.520. The van der Waals surface area contributed by atoms with E-state index in [9.17, 15) is 5.21 Å². The van der Waals surface area contributed by atoms with Crippen molar-refractivity contribution in [1.29, 1.82) is 0 Å². The second kappa shape index (κ2) is 1.95. The van der Waals surface area contributed by atoms with Gasteiger partial charge in [-0.1, -0.05) is 0 Å². The van der Waals surface area contributed by atoms with Crippen molar-refractivity contribution >= 4 is 6.21 Å².